The summed E-state index contributed by atoms with van der Waals surface area (Å²) in [4.78, 5) is 0. The van der Waals surface area contributed by atoms with Gasteiger partial charge in [0.2, 0.25) is 0 Å². The quantitative estimate of drug-likeness (QED) is 0.736. The fraction of sp³-hybridized carbons (Fsp3) is 1.00. The van der Waals surface area contributed by atoms with E-state index in [1.807, 2.05) is 0 Å². The highest BCUT2D eigenvalue weighted by Crippen LogP contribution is 2.61. The summed E-state index contributed by atoms with van der Waals surface area (Å²) in [5.74, 6) is 1.55. The standard InChI is InChI=1S/C12H19F3O2/c13-12(14,15)8-17-3-1-2-11(7-16)5-9-4-10(9)6-11/h9-10,16H,1-8H2. The summed E-state index contributed by atoms with van der Waals surface area (Å²) in [6.07, 6.45) is 0.543. The first-order valence-corrected chi connectivity index (χ1v) is 6.19. The van der Waals surface area contributed by atoms with Crippen molar-refractivity contribution in [2.45, 2.75) is 38.3 Å². The van der Waals surface area contributed by atoms with Crippen LogP contribution in [0.3, 0.4) is 0 Å². The molecule has 2 unspecified atom stereocenters. The number of halogens is 3. The molecule has 2 aliphatic carbocycles. The Kier molecular flexibility index (Phi) is 3.69. The minimum absolute atomic E-state index is 0.0187. The molecule has 2 aliphatic rings. The van der Waals surface area contributed by atoms with Crippen LogP contribution >= 0.6 is 0 Å². The maximum atomic E-state index is 11.8. The lowest BCUT2D eigenvalue weighted by Gasteiger charge is -2.28. The van der Waals surface area contributed by atoms with Crippen LogP contribution in [0.1, 0.15) is 32.1 Å². The maximum Gasteiger partial charge on any atom is 0.411 e. The molecule has 2 rings (SSSR count). The van der Waals surface area contributed by atoms with Gasteiger partial charge >= 0.3 is 6.18 Å². The first kappa shape index (κ1) is 13.1. The Hall–Kier alpha value is -0.290. The van der Waals surface area contributed by atoms with Gasteiger partial charge in [-0.25, -0.2) is 0 Å². The second-order valence-corrected chi connectivity index (χ2v) is 5.59. The van der Waals surface area contributed by atoms with Crippen molar-refractivity contribution in [1.82, 2.24) is 0 Å². The number of rotatable bonds is 6. The molecular weight excluding hydrogens is 233 g/mol. The van der Waals surface area contributed by atoms with E-state index in [-0.39, 0.29) is 18.6 Å². The number of fused-ring (bicyclic) bond motifs is 1. The zero-order valence-electron chi connectivity index (χ0n) is 9.80. The van der Waals surface area contributed by atoms with E-state index in [1.165, 1.54) is 6.42 Å². The molecule has 0 aromatic heterocycles. The normalized spacial score (nSPS) is 36.0. The Labute approximate surface area is 99.1 Å². The van der Waals surface area contributed by atoms with Crippen LogP contribution in [0, 0.1) is 17.3 Å². The number of aliphatic hydroxyl groups excluding tert-OH is 1. The van der Waals surface area contributed by atoms with E-state index in [0.717, 1.165) is 31.1 Å². The van der Waals surface area contributed by atoms with Crippen molar-refractivity contribution in [2.75, 3.05) is 19.8 Å². The van der Waals surface area contributed by atoms with E-state index in [1.54, 1.807) is 0 Å². The average molecular weight is 252 g/mol. The van der Waals surface area contributed by atoms with Crippen molar-refractivity contribution in [1.29, 1.82) is 0 Å². The molecule has 0 bridgehead atoms. The van der Waals surface area contributed by atoms with Crippen molar-refractivity contribution in [3.8, 4) is 0 Å². The number of alkyl halides is 3. The summed E-state index contributed by atoms with van der Waals surface area (Å²) in [7, 11) is 0. The molecule has 5 heteroatoms. The van der Waals surface area contributed by atoms with E-state index in [9.17, 15) is 18.3 Å². The Morgan fingerprint density at radius 2 is 1.88 bits per heavy atom. The minimum atomic E-state index is -4.23. The van der Waals surface area contributed by atoms with Gasteiger partial charge in [0.1, 0.15) is 6.61 Å². The first-order chi connectivity index (χ1) is 7.94. The average Bonchev–Trinajstić information content (AvgIpc) is 2.85. The lowest BCUT2D eigenvalue weighted by Crippen LogP contribution is -2.24. The molecule has 0 aromatic carbocycles. The fourth-order valence-corrected chi connectivity index (χ4v) is 3.16. The predicted molar refractivity (Wildman–Crippen MR) is 56.5 cm³/mol. The van der Waals surface area contributed by atoms with E-state index in [4.69, 9.17) is 0 Å². The number of aliphatic hydroxyl groups is 1. The topological polar surface area (TPSA) is 29.5 Å². The van der Waals surface area contributed by atoms with E-state index in [2.05, 4.69) is 4.74 Å². The van der Waals surface area contributed by atoms with Gasteiger partial charge in [-0.3, -0.25) is 0 Å². The van der Waals surface area contributed by atoms with Crippen LogP contribution in [-0.2, 0) is 4.74 Å². The Bertz CT molecular complexity index is 255. The fourth-order valence-electron chi connectivity index (χ4n) is 3.16. The van der Waals surface area contributed by atoms with Gasteiger partial charge in [-0.1, -0.05) is 0 Å². The lowest BCUT2D eigenvalue weighted by molar-refractivity contribution is -0.174. The largest absolute Gasteiger partial charge is 0.411 e. The molecule has 0 amide bonds. The third-order valence-electron chi connectivity index (χ3n) is 4.06. The minimum Gasteiger partial charge on any atom is -0.396 e. The monoisotopic (exact) mass is 252 g/mol. The Morgan fingerprint density at radius 1 is 1.24 bits per heavy atom. The maximum absolute atomic E-state index is 11.8. The molecule has 0 aliphatic heterocycles. The molecule has 0 spiro atoms. The van der Waals surface area contributed by atoms with Crippen molar-refractivity contribution in [3.05, 3.63) is 0 Å². The van der Waals surface area contributed by atoms with Gasteiger partial charge in [0, 0.05) is 13.2 Å². The van der Waals surface area contributed by atoms with Crippen LogP contribution in [-0.4, -0.2) is 31.1 Å². The summed E-state index contributed by atoms with van der Waals surface area (Å²) in [6.45, 7) is -0.861. The summed E-state index contributed by atoms with van der Waals surface area (Å²) in [5, 5.41) is 9.42. The molecule has 100 valence electrons. The van der Waals surface area contributed by atoms with Crippen LogP contribution in [0.15, 0.2) is 0 Å². The second kappa shape index (κ2) is 4.76. The van der Waals surface area contributed by atoms with E-state index >= 15 is 0 Å². The highest BCUT2D eigenvalue weighted by atomic mass is 19.4. The van der Waals surface area contributed by atoms with Crippen LogP contribution in [0.25, 0.3) is 0 Å². The number of ether oxygens (including phenoxy) is 1. The van der Waals surface area contributed by atoms with Crippen molar-refractivity contribution in [2.24, 2.45) is 17.3 Å². The molecule has 0 radical (unpaired) electrons. The van der Waals surface area contributed by atoms with E-state index < -0.39 is 12.8 Å². The summed E-state index contributed by atoms with van der Waals surface area (Å²) >= 11 is 0. The number of hydrogen-bond donors (Lipinski definition) is 1. The van der Waals surface area contributed by atoms with Gasteiger partial charge in [0.25, 0.3) is 0 Å². The highest BCUT2D eigenvalue weighted by Gasteiger charge is 2.52. The molecule has 2 fully saturated rings. The van der Waals surface area contributed by atoms with Gasteiger partial charge in [0.05, 0.1) is 0 Å². The van der Waals surface area contributed by atoms with Crippen molar-refractivity contribution in [3.63, 3.8) is 0 Å². The van der Waals surface area contributed by atoms with Crippen molar-refractivity contribution >= 4 is 0 Å². The summed E-state index contributed by atoms with van der Waals surface area (Å²) in [6, 6.07) is 0. The van der Waals surface area contributed by atoms with Gasteiger partial charge in [0.15, 0.2) is 0 Å². The van der Waals surface area contributed by atoms with Crippen molar-refractivity contribution < 1.29 is 23.0 Å². The van der Waals surface area contributed by atoms with Crippen LogP contribution in [0.2, 0.25) is 0 Å². The van der Waals surface area contributed by atoms with E-state index in [0.29, 0.717) is 6.42 Å². The number of hydrogen-bond acceptors (Lipinski definition) is 2. The predicted octanol–water partition coefficient (Wildman–Crippen LogP) is 2.75. The first-order valence-electron chi connectivity index (χ1n) is 6.19. The Balaban J connectivity index is 1.61. The zero-order chi connectivity index (χ0) is 12.5. The van der Waals surface area contributed by atoms with Gasteiger partial charge in [-0.2, -0.15) is 13.2 Å². The van der Waals surface area contributed by atoms with Crippen LogP contribution in [0.5, 0.6) is 0 Å². The molecule has 2 nitrogen and oxygen atoms in total. The van der Waals surface area contributed by atoms with Crippen LogP contribution < -0.4 is 0 Å². The molecule has 2 atom stereocenters. The van der Waals surface area contributed by atoms with Gasteiger partial charge < -0.3 is 9.84 Å². The van der Waals surface area contributed by atoms with Gasteiger partial charge in [-0.05, 0) is 49.4 Å². The smallest absolute Gasteiger partial charge is 0.396 e. The molecule has 2 saturated carbocycles. The molecule has 1 N–H and O–H groups in total. The molecule has 0 aromatic rings. The third-order valence-corrected chi connectivity index (χ3v) is 4.06. The second-order valence-electron chi connectivity index (χ2n) is 5.59. The lowest BCUT2D eigenvalue weighted by atomic mass is 9.80. The molecule has 17 heavy (non-hydrogen) atoms. The highest BCUT2D eigenvalue weighted by molar-refractivity contribution is 5.02. The van der Waals surface area contributed by atoms with Gasteiger partial charge in [-0.15, -0.1) is 0 Å². The zero-order valence-corrected chi connectivity index (χ0v) is 9.80. The summed E-state index contributed by atoms with van der Waals surface area (Å²) in [5.41, 5.74) is -0.0187. The van der Waals surface area contributed by atoms with Crippen LogP contribution in [0.4, 0.5) is 13.2 Å². The molecule has 0 heterocycles. The molecule has 0 saturated heterocycles. The SMILES string of the molecule is OCC1(CCCOCC(F)(F)F)CC2CC2C1. The Morgan fingerprint density at radius 3 is 2.41 bits per heavy atom. The summed E-state index contributed by atoms with van der Waals surface area (Å²) < 4.78 is 40.0. The molecular formula is C12H19F3O2. The third kappa shape index (κ3) is 3.58.